The Labute approximate surface area is 113 Å². The van der Waals surface area contributed by atoms with Crippen molar-refractivity contribution >= 4 is 0 Å². The zero-order valence-corrected chi connectivity index (χ0v) is 10.9. The molecule has 0 saturated heterocycles. The first-order chi connectivity index (χ1) is 9.22. The lowest BCUT2D eigenvalue weighted by atomic mass is 10.1. The normalized spacial score (nSPS) is 12.7. The summed E-state index contributed by atoms with van der Waals surface area (Å²) in [6.07, 6.45) is -10.7. The van der Waals surface area contributed by atoms with Crippen molar-refractivity contribution in [2.45, 2.75) is 32.2 Å². The number of benzene rings is 1. The van der Waals surface area contributed by atoms with Crippen LogP contribution in [0.2, 0.25) is 0 Å². The van der Waals surface area contributed by atoms with E-state index >= 15 is 0 Å². The Morgan fingerprint density at radius 3 is 2.45 bits per heavy atom. The molecule has 0 aliphatic rings. The van der Waals surface area contributed by atoms with E-state index in [1.807, 2.05) is 31.2 Å². The molecule has 0 aromatic heterocycles. The summed E-state index contributed by atoms with van der Waals surface area (Å²) in [6, 6.07) is 7.69. The summed E-state index contributed by atoms with van der Waals surface area (Å²) in [5.41, 5.74) is 2.11. The van der Waals surface area contributed by atoms with E-state index in [1.54, 1.807) is 0 Å². The van der Waals surface area contributed by atoms with Crippen molar-refractivity contribution in [2.75, 3.05) is 13.2 Å². The van der Waals surface area contributed by atoms with Crippen LogP contribution < -0.4 is 5.32 Å². The van der Waals surface area contributed by atoms with E-state index in [-0.39, 0.29) is 6.42 Å². The monoisotopic (exact) mass is 297 g/mol. The highest BCUT2D eigenvalue weighted by Gasteiger charge is 2.59. The molecule has 20 heavy (non-hydrogen) atoms. The van der Waals surface area contributed by atoms with Crippen LogP contribution in [0.5, 0.6) is 0 Å². The minimum atomic E-state index is -5.66. The molecule has 0 aliphatic carbocycles. The fourth-order valence-electron chi connectivity index (χ4n) is 1.53. The van der Waals surface area contributed by atoms with Crippen molar-refractivity contribution < 1.29 is 26.7 Å². The lowest BCUT2D eigenvalue weighted by Crippen LogP contribution is -2.39. The van der Waals surface area contributed by atoms with Crippen molar-refractivity contribution in [3.8, 4) is 0 Å². The van der Waals surface area contributed by atoms with E-state index < -0.39 is 18.9 Å². The molecule has 1 rings (SSSR count). The average molecular weight is 297 g/mol. The lowest BCUT2D eigenvalue weighted by Gasteiger charge is -2.19. The molecular weight excluding hydrogens is 281 g/mol. The molecule has 7 heteroatoms. The van der Waals surface area contributed by atoms with Crippen molar-refractivity contribution in [1.29, 1.82) is 0 Å². The van der Waals surface area contributed by atoms with Gasteiger partial charge >= 0.3 is 12.3 Å². The van der Waals surface area contributed by atoms with Crippen LogP contribution in [0.15, 0.2) is 24.3 Å². The predicted molar refractivity (Wildman–Crippen MR) is 64.5 cm³/mol. The first-order valence-corrected chi connectivity index (χ1v) is 6.07. The van der Waals surface area contributed by atoms with Crippen molar-refractivity contribution in [3.05, 3.63) is 35.4 Å². The molecule has 0 radical (unpaired) electrons. The molecule has 114 valence electrons. The number of halogens is 5. The molecule has 0 unspecified atom stereocenters. The van der Waals surface area contributed by atoms with Crippen LogP contribution in [0, 0.1) is 6.92 Å². The average Bonchev–Trinajstić information content (AvgIpc) is 2.32. The Balaban J connectivity index is 2.17. The number of nitrogens with one attached hydrogen (secondary N) is 1. The zero-order valence-electron chi connectivity index (χ0n) is 10.9. The predicted octanol–water partition coefficient (Wildman–Crippen LogP) is 3.65. The largest absolute Gasteiger partial charge is 0.482 e. The maximum absolute atomic E-state index is 12.4. The second kappa shape index (κ2) is 6.99. The first kappa shape index (κ1) is 16.8. The maximum Gasteiger partial charge on any atom is 0.482 e. The molecule has 1 aromatic carbocycles. The molecule has 0 spiro atoms. The molecule has 1 aromatic rings. The van der Waals surface area contributed by atoms with E-state index in [0.717, 1.165) is 11.1 Å². The van der Waals surface area contributed by atoms with E-state index in [4.69, 9.17) is 0 Å². The summed E-state index contributed by atoms with van der Waals surface area (Å²) < 4.78 is 63.7. The lowest BCUT2D eigenvalue weighted by molar-refractivity contribution is -0.391. The van der Waals surface area contributed by atoms with Crippen LogP contribution in [0.3, 0.4) is 0 Å². The fraction of sp³-hybridized carbons (Fsp3) is 0.538. The van der Waals surface area contributed by atoms with Gasteiger partial charge in [0.25, 0.3) is 0 Å². The maximum atomic E-state index is 12.4. The quantitative estimate of drug-likeness (QED) is 0.613. The van der Waals surface area contributed by atoms with E-state index in [2.05, 4.69) is 10.1 Å². The molecular formula is C13H16F5NO. The van der Waals surface area contributed by atoms with E-state index in [0.29, 0.717) is 13.1 Å². The van der Waals surface area contributed by atoms with Gasteiger partial charge in [0.05, 0.1) is 6.61 Å². The van der Waals surface area contributed by atoms with Crippen LogP contribution in [0.1, 0.15) is 17.5 Å². The van der Waals surface area contributed by atoms with Crippen LogP contribution in [0.25, 0.3) is 0 Å². The smallest absolute Gasteiger partial charge is 0.313 e. The zero-order chi connectivity index (χ0) is 15.2. The van der Waals surface area contributed by atoms with E-state index in [1.165, 1.54) is 0 Å². The first-order valence-electron chi connectivity index (χ1n) is 6.07. The Hall–Kier alpha value is -1.21. The SMILES string of the molecule is Cc1cccc(CNCCCOC(F)(F)C(F)(F)F)c1. The van der Waals surface area contributed by atoms with E-state index in [9.17, 15) is 22.0 Å². The minimum absolute atomic E-state index is 0.0670. The van der Waals surface area contributed by atoms with Gasteiger partial charge in [0.15, 0.2) is 0 Å². The van der Waals surface area contributed by atoms with Crippen LogP contribution >= 0.6 is 0 Å². The fourth-order valence-corrected chi connectivity index (χ4v) is 1.53. The van der Waals surface area contributed by atoms with Crippen LogP contribution in [0.4, 0.5) is 22.0 Å². The third-order valence-electron chi connectivity index (χ3n) is 2.52. The van der Waals surface area contributed by atoms with Crippen molar-refractivity contribution in [2.24, 2.45) is 0 Å². The van der Waals surface area contributed by atoms with Gasteiger partial charge in [-0.05, 0) is 25.5 Å². The highest BCUT2D eigenvalue weighted by Crippen LogP contribution is 2.36. The molecule has 0 atom stereocenters. The van der Waals surface area contributed by atoms with Gasteiger partial charge < -0.3 is 10.1 Å². The summed E-state index contributed by atoms with van der Waals surface area (Å²) in [4.78, 5) is 0. The molecule has 2 nitrogen and oxygen atoms in total. The molecule has 1 N–H and O–H groups in total. The van der Waals surface area contributed by atoms with Gasteiger partial charge in [-0.25, -0.2) is 0 Å². The van der Waals surface area contributed by atoms with Crippen LogP contribution in [-0.4, -0.2) is 25.4 Å². The van der Waals surface area contributed by atoms with Gasteiger partial charge in [0.1, 0.15) is 0 Å². The topological polar surface area (TPSA) is 21.3 Å². The summed E-state index contributed by atoms with van der Waals surface area (Å²) in [7, 11) is 0. The molecule has 0 heterocycles. The van der Waals surface area contributed by atoms with Gasteiger partial charge in [-0.1, -0.05) is 29.8 Å². The standard InChI is InChI=1S/C13H16F5NO/c1-10-4-2-5-11(8-10)9-19-6-3-7-20-13(17,18)12(14,15)16/h2,4-5,8,19H,3,6-7,9H2,1H3. The second-order valence-electron chi connectivity index (χ2n) is 4.38. The molecule has 0 bridgehead atoms. The Kier molecular flexibility index (Phi) is 5.88. The minimum Gasteiger partial charge on any atom is -0.313 e. The Morgan fingerprint density at radius 2 is 1.85 bits per heavy atom. The number of alkyl halides is 5. The highest BCUT2D eigenvalue weighted by molar-refractivity contribution is 5.21. The van der Waals surface area contributed by atoms with Gasteiger partial charge in [-0.2, -0.15) is 22.0 Å². The van der Waals surface area contributed by atoms with Gasteiger partial charge in [0, 0.05) is 6.54 Å². The van der Waals surface area contributed by atoms with Crippen LogP contribution in [-0.2, 0) is 11.3 Å². The summed E-state index contributed by atoms with van der Waals surface area (Å²) in [5, 5.41) is 2.95. The number of rotatable bonds is 7. The summed E-state index contributed by atoms with van der Waals surface area (Å²) in [5.74, 6) is 0. The number of hydrogen-bond donors (Lipinski definition) is 1. The van der Waals surface area contributed by atoms with Gasteiger partial charge in [0.2, 0.25) is 0 Å². The molecule has 0 fully saturated rings. The number of aryl methyl sites for hydroxylation is 1. The molecule has 0 amide bonds. The summed E-state index contributed by atoms with van der Waals surface area (Å²) >= 11 is 0. The number of hydrogen-bond acceptors (Lipinski definition) is 2. The second-order valence-corrected chi connectivity index (χ2v) is 4.38. The number of ether oxygens (including phenoxy) is 1. The Morgan fingerprint density at radius 1 is 1.15 bits per heavy atom. The molecule has 0 aliphatic heterocycles. The van der Waals surface area contributed by atoms with Gasteiger partial charge in [-0.15, -0.1) is 0 Å². The van der Waals surface area contributed by atoms with Crippen molar-refractivity contribution in [3.63, 3.8) is 0 Å². The molecule has 0 saturated carbocycles. The van der Waals surface area contributed by atoms with Crippen molar-refractivity contribution in [1.82, 2.24) is 5.32 Å². The highest BCUT2D eigenvalue weighted by atomic mass is 19.4. The third kappa shape index (κ3) is 5.42. The summed E-state index contributed by atoms with van der Waals surface area (Å²) in [6.45, 7) is 2.10. The van der Waals surface area contributed by atoms with Gasteiger partial charge in [-0.3, -0.25) is 0 Å². The Bertz CT molecular complexity index is 419. The third-order valence-corrected chi connectivity index (χ3v) is 2.52.